The number of carbonyl (C=O) groups excluding carboxylic acids is 1. The Morgan fingerprint density at radius 3 is 2.43 bits per heavy atom. The third-order valence-corrected chi connectivity index (χ3v) is 3.34. The molecule has 0 saturated heterocycles. The van der Waals surface area contributed by atoms with E-state index in [4.69, 9.17) is 0 Å². The highest BCUT2D eigenvalue weighted by Gasteiger charge is 2.10. The topological polar surface area (TPSA) is 57.8 Å². The third kappa shape index (κ3) is 3.26. The Hall–Kier alpha value is -3.02. The lowest BCUT2D eigenvalue weighted by molar-refractivity contribution is 0.102. The summed E-state index contributed by atoms with van der Waals surface area (Å²) in [4.78, 5) is 19.3. The number of aryl methyl sites for hydroxylation is 1. The summed E-state index contributed by atoms with van der Waals surface area (Å²) < 4.78 is 26.0. The number of amides is 1. The highest BCUT2D eigenvalue weighted by Crippen LogP contribution is 2.20. The van der Waals surface area contributed by atoms with E-state index in [1.165, 1.54) is 6.07 Å². The quantitative estimate of drug-likeness (QED) is 0.770. The summed E-state index contributed by atoms with van der Waals surface area (Å²) in [5, 5.41) is 2.63. The van der Waals surface area contributed by atoms with Gasteiger partial charge in [-0.1, -0.05) is 12.1 Å². The van der Waals surface area contributed by atoms with Gasteiger partial charge in [-0.3, -0.25) is 4.79 Å². The molecule has 0 radical (unpaired) electrons. The fraction of sp³-hybridized carbons (Fsp3) is 0.0588. The van der Waals surface area contributed by atoms with Gasteiger partial charge >= 0.3 is 0 Å². The molecule has 2 aromatic carbocycles. The van der Waals surface area contributed by atoms with Crippen molar-refractivity contribution in [2.45, 2.75) is 6.92 Å². The molecule has 0 fully saturated rings. The Bertz CT molecular complexity index is 857. The van der Waals surface area contributed by atoms with E-state index < -0.39 is 17.5 Å². The van der Waals surface area contributed by atoms with Crippen LogP contribution in [0.15, 0.2) is 48.7 Å². The molecule has 0 bridgehead atoms. The number of aromatic nitrogens is 2. The second-order valence-corrected chi connectivity index (χ2v) is 5.04. The predicted octanol–water partition coefficient (Wildman–Crippen LogP) is 3.92. The zero-order valence-electron chi connectivity index (χ0n) is 12.2. The van der Waals surface area contributed by atoms with E-state index in [0.29, 0.717) is 5.69 Å². The van der Waals surface area contributed by atoms with Gasteiger partial charge in [0, 0.05) is 11.3 Å². The predicted molar refractivity (Wildman–Crippen MR) is 83.1 cm³/mol. The molecule has 3 rings (SSSR count). The van der Waals surface area contributed by atoms with Crippen LogP contribution >= 0.6 is 0 Å². The van der Waals surface area contributed by atoms with Gasteiger partial charge in [0.05, 0.1) is 11.9 Å². The molecule has 116 valence electrons. The highest BCUT2D eigenvalue weighted by molar-refractivity contribution is 6.04. The van der Waals surface area contributed by atoms with Crippen LogP contribution in [0.5, 0.6) is 0 Å². The largest absolute Gasteiger partial charge is 0.342 e. The van der Waals surface area contributed by atoms with Crippen molar-refractivity contribution in [3.8, 4) is 11.3 Å². The number of hydrogen-bond acceptors (Lipinski definition) is 2. The van der Waals surface area contributed by atoms with Crippen LogP contribution < -0.4 is 5.32 Å². The number of nitrogens with one attached hydrogen (secondary N) is 2. The summed E-state index contributed by atoms with van der Waals surface area (Å²) in [5.41, 5.74) is 2.41. The van der Waals surface area contributed by atoms with Crippen LogP contribution in [0.2, 0.25) is 0 Å². The lowest BCUT2D eigenvalue weighted by atomic mass is 10.1. The molecular weight excluding hydrogens is 300 g/mol. The van der Waals surface area contributed by atoms with E-state index in [-0.39, 0.29) is 5.56 Å². The fourth-order valence-electron chi connectivity index (χ4n) is 2.14. The number of nitrogens with zero attached hydrogens (tertiary/aromatic N) is 1. The summed E-state index contributed by atoms with van der Waals surface area (Å²) >= 11 is 0. The lowest BCUT2D eigenvalue weighted by Crippen LogP contribution is -2.12. The van der Waals surface area contributed by atoms with Gasteiger partial charge in [0.1, 0.15) is 5.82 Å². The van der Waals surface area contributed by atoms with E-state index in [1.807, 2.05) is 19.1 Å². The standard InChI is InChI=1S/C17H13F2N3O/c1-10-20-9-16(21-10)11-2-5-13(6-3-11)22-17(23)12-4-7-14(18)15(19)8-12/h2-9H,1H3,(H,20,21)(H,22,23). The Morgan fingerprint density at radius 2 is 1.83 bits per heavy atom. The first-order chi connectivity index (χ1) is 11.0. The van der Waals surface area contributed by atoms with Crippen LogP contribution in [0, 0.1) is 18.6 Å². The van der Waals surface area contributed by atoms with Crippen molar-refractivity contribution in [1.29, 1.82) is 0 Å². The summed E-state index contributed by atoms with van der Waals surface area (Å²) in [6.45, 7) is 1.86. The number of aromatic amines is 1. The van der Waals surface area contributed by atoms with Crippen molar-refractivity contribution in [2.75, 3.05) is 5.32 Å². The van der Waals surface area contributed by atoms with E-state index in [2.05, 4.69) is 15.3 Å². The Balaban J connectivity index is 1.75. The van der Waals surface area contributed by atoms with Crippen LogP contribution in [-0.2, 0) is 0 Å². The Labute approximate surface area is 131 Å². The maximum atomic E-state index is 13.2. The van der Waals surface area contributed by atoms with Gasteiger partial charge in [-0.15, -0.1) is 0 Å². The van der Waals surface area contributed by atoms with Gasteiger partial charge in [0.25, 0.3) is 5.91 Å². The molecule has 0 aliphatic carbocycles. The molecule has 0 spiro atoms. The summed E-state index contributed by atoms with van der Waals surface area (Å²) in [7, 11) is 0. The number of carbonyl (C=O) groups is 1. The molecule has 23 heavy (non-hydrogen) atoms. The highest BCUT2D eigenvalue weighted by atomic mass is 19.2. The molecule has 4 nitrogen and oxygen atoms in total. The van der Waals surface area contributed by atoms with Crippen molar-refractivity contribution >= 4 is 11.6 Å². The average molecular weight is 313 g/mol. The SMILES string of the molecule is Cc1ncc(-c2ccc(NC(=O)c3ccc(F)c(F)c3)cc2)[nH]1. The molecule has 0 unspecified atom stereocenters. The monoisotopic (exact) mass is 313 g/mol. The molecule has 3 aromatic rings. The van der Waals surface area contributed by atoms with Crippen molar-refractivity contribution < 1.29 is 13.6 Å². The van der Waals surface area contributed by atoms with E-state index in [0.717, 1.165) is 29.2 Å². The molecule has 0 aliphatic rings. The Morgan fingerprint density at radius 1 is 1.09 bits per heavy atom. The minimum Gasteiger partial charge on any atom is -0.342 e. The van der Waals surface area contributed by atoms with Gasteiger partial charge in [0.15, 0.2) is 11.6 Å². The van der Waals surface area contributed by atoms with Crippen molar-refractivity contribution in [3.05, 3.63) is 71.7 Å². The number of halogens is 2. The zero-order valence-corrected chi connectivity index (χ0v) is 12.2. The number of hydrogen-bond donors (Lipinski definition) is 2. The van der Waals surface area contributed by atoms with Crippen molar-refractivity contribution in [2.24, 2.45) is 0 Å². The van der Waals surface area contributed by atoms with E-state index >= 15 is 0 Å². The van der Waals surface area contributed by atoms with E-state index in [9.17, 15) is 13.6 Å². The lowest BCUT2D eigenvalue weighted by Gasteiger charge is -2.06. The van der Waals surface area contributed by atoms with Crippen LogP contribution in [0.4, 0.5) is 14.5 Å². The Kier molecular flexibility index (Phi) is 3.89. The molecule has 1 amide bonds. The first-order valence-electron chi connectivity index (χ1n) is 6.91. The minimum absolute atomic E-state index is 0.0529. The minimum atomic E-state index is -1.05. The molecule has 2 N–H and O–H groups in total. The van der Waals surface area contributed by atoms with Crippen LogP contribution in [0.1, 0.15) is 16.2 Å². The fourth-order valence-corrected chi connectivity index (χ4v) is 2.14. The number of benzene rings is 2. The normalized spacial score (nSPS) is 10.6. The average Bonchev–Trinajstić information content (AvgIpc) is 2.97. The van der Waals surface area contributed by atoms with Gasteiger partial charge < -0.3 is 10.3 Å². The molecule has 6 heteroatoms. The number of imidazole rings is 1. The van der Waals surface area contributed by atoms with Crippen LogP contribution in [-0.4, -0.2) is 15.9 Å². The first-order valence-corrected chi connectivity index (χ1v) is 6.91. The molecule has 0 atom stereocenters. The molecule has 0 aliphatic heterocycles. The first kappa shape index (κ1) is 14.9. The van der Waals surface area contributed by atoms with Crippen molar-refractivity contribution in [1.82, 2.24) is 9.97 Å². The maximum absolute atomic E-state index is 13.2. The number of anilines is 1. The molecule has 1 aromatic heterocycles. The van der Waals surface area contributed by atoms with E-state index in [1.54, 1.807) is 18.3 Å². The maximum Gasteiger partial charge on any atom is 0.255 e. The summed E-state index contributed by atoms with van der Waals surface area (Å²) in [6, 6.07) is 10.1. The van der Waals surface area contributed by atoms with Gasteiger partial charge in [0.2, 0.25) is 0 Å². The third-order valence-electron chi connectivity index (χ3n) is 3.34. The van der Waals surface area contributed by atoms with Gasteiger partial charge in [-0.25, -0.2) is 13.8 Å². The molecule has 0 saturated carbocycles. The smallest absolute Gasteiger partial charge is 0.255 e. The van der Waals surface area contributed by atoms with Crippen molar-refractivity contribution in [3.63, 3.8) is 0 Å². The number of rotatable bonds is 3. The zero-order chi connectivity index (χ0) is 16.4. The second-order valence-electron chi connectivity index (χ2n) is 5.04. The molecular formula is C17H13F2N3O. The number of H-pyrrole nitrogens is 1. The van der Waals surface area contributed by atoms with Gasteiger partial charge in [-0.2, -0.15) is 0 Å². The second kappa shape index (κ2) is 6.00. The molecule has 1 heterocycles. The summed E-state index contributed by atoms with van der Waals surface area (Å²) in [6.07, 6.45) is 1.73. The summed E-state index contributed by atoms with van der Waals surface area (Å²) in [5.74, 6) is -1.73. The van der Waals surface area contributed by atoms with Crippen LogP contribution in [0.25, 0.3) is 11.3 Å². The van der Waals surface area contributed by atoms with Crippen LogP contribution in [0.3, 0.4) is 0 Å². The van der Waals surface area contributed by atoms with Gasteiger partial charge in [-0.05, 0) is 42.8 Å².